The van der Waals surface area contributed by atoms with Crippen LogP contribution in [-0.2, 0) is 4.79 Å². The van der Waals surface area contributed by atoms with Crippen molar-refractivity contribution in [3.8, 4) is 67.9 Å². The Morgan fingerprint density at radius 1 is 0.330 bits per heavy atom. The maximum atomic E-state index is 12.9. The van der Waals surface area contributed by atoms with Crippen molar-refractivity contribution in [2.45, 2.75) is 6.92 Å². The van der Waals surface area contributed by atoms with Gasteiger partial charge in [-0.1, -0.05) is 140 Å². The molecule has 17 rings (SSSR count). The number of anilines is 4. The van der Waals surface area contributed by atoms with Crippen LogP contribution in [0, 0.1) is 0 Å². The lowest BCUT2D eigenvalue weighted by atomic mass is 10.0. The zero-order valence-electron chi connectivity index (χ0n) is 54.5. The molecular weight excluding hydrogens is 1320 g/mol. The van der Waals surface area contributed by atoms with Gasteiger partial charge in [0.25, 0.3) is 17.7 Å². The molecule has 502 valence electrons. The van der Waals surface area contributed by atoms with Crippen LogP contribution < -0.4 is 21.3 Å². The Kier molecular flexibility index (Phi) is 18.9. The zero-order chi connectivity index (χ0) is 70.9. The first kappa shape index (κ1) is 66.0. The van der Waals surface area contributed by atoms with Crippen molar-refractivity contribution < 1.29 is 52.9 Å². The minimum Gasteiger partial charge on any atom is -0.507 e. The molecule has 0 bridgehead atoms. The van der Waals surface area contributed by atoms with Crippen molar-refractivity contribution >= 4 is 123 Å². The first-order valence-electron chi connectivity index (χ1n) is 32.2. The number of amides is 4. The van der Waals surface area contributed by atoms with E-state index in [-0.39, 0.29) is 46.6 Å². The SMILES string of the molecule is CC(=O)Nc1ccc(O)c(-c2nc3ccccc3o2)c1.O=C(Nc1ccc(O)c(-c2nc3ccccc3o2)c1)c1cccc2ccccc12.O=C(Nc1ccc(O)c(-c2nc3ccccc3o2)c1)c1ccccc1.O=C(Nc1ccc(O)c(-c2nc3ccccc3s2)c1)c1cccc2ccccc12. The predicted octanol–water partition coefficient (Wildman–Crippen LogP) is 19.3. The van der Waals surface area contributed by atoms with Gasteiger partial charge in [0.05, 0.1) is 32.5 Å². The Morgan fingerprint density at radius 3 is 1.11 bits per heavy atom. The molecule has 0 aliphatic rings. The van der Waals surface area contributed by atoms with Gasteiger partial charge in [0.15, 0.2) is 16.7 Å². The summed E-state index contributed by atoms with van der Waals surface area (Å²) in [7, 11) is 0. The summed E-state index contributed by atoms with van der Waals surface area (Å²) >= 11 is 1.51. The fourth-order valence-corrected chi connectivity index (χ4v) is 12.3. The normalized spacial score (nSPS) is 10.9. The summed E-state index contributed by atoms with van der Waals surface area (Å²) < 4.78 is 18.1. The van der Waals surface area contributed by atoms with Gasteiger partial charge >= 0.3 is 0 Å². The molecule has 19 nitrogen and oxygen atoms in total. The number of benzene rings is 13. The third-order valence-electron chi connectivity index (χ3n) is 16.3. The van der Waals surface area contributed by atoms with Gasteiger partial charge in [-0.2, -0.15) is 0 Å². The third-order valence-corrected chi connectivity index (χ3v) is 17.4. The zero-order valence-corrected chi connectivity index (χ0v) is 55.3. The smallest absolute Gasteiger partial charge is 0.256 e. The van der Waals surface area contributed by atoms with Crippen LogP contribution in [0.3, 0.4) is 0 Å². The maximum absolute atomic E-state index is 12.9. The molecule has 8 N–H and O–H groups in total. The molecule has 0 fully saturated rings. The van der Waals surface area contributed by atoms with E-state index in [2.05, 4.69) is 41.2 Å². The van der Waals surface area contributed by atoms with E-state index in [1.165, 1.54) is 36.5 Å². The number of aromatic hydroxyl groups is 4. The number of rotatable bonds is 11. The lowest BCUT2D eigenvalue weighted by Gasteiger charge is -2.10. The largest absolute Gasteiger partial charge is 0.507 e. The molecule has 17 aromatic rings. The van der Waals surface area contributed by atoms with E-state index in [1.54, 1.807) is 91.0 Å². The molecule has 0 saturated heterocycles. The van der Waals surface area contributed by atoms with E-state index in [1.807, 2.05) is 176 Å². The number of hydrogen-bond acceptors (Lipinski definition) is 16. The van der Waals surface area contributed by atoms with Gasteiger partial charge in [-0.25, -0.2) is 19.9 Å². The minimum absolute atomic E-state index is 0.0275. The highest BCUT2D eigenvalue weighted by Gasteiger charge is 2.20. The first-order valence-corrected chi connectivity index (χ1v) is 33.0. The van der Waals surface area contributed by atoms with Crippen LogP contribution in [0.2, 0.25) is 0 Å². The summed E-state index contributed by atoms with van der Waals surface area (Å²) in [6.45, 7) is 1.42. The molecule has 0 radical (unpaired) electrons. The topological polar surface area (TPSA) is 288 Å². The van der Waals surface area contributed by atoms with Crippen molar-refractivity contribution in [1.82, 2.24) is 19.9 Å². The second-order valence-electron chi connectivity index (χ2n) is 23.3. The number of nitrogens with zero attached hydrogens (tertiary/aromatic N) is 4. The van der Waals surface area contributed by atoms with Crippen LogP contribution in [0.1, 0.15) is 38.0 Å². The van der Waals surface area contributed by atoms with E-state index in [0.29, 0.717) is 118 Å². The number of oxazole rings is 3. The average molecular weight is 1380 g/mol. The third kappa shape index (κ3) is 15.0. The van der Waals surface area contributed by atoms with Gasteiger partial charge in [-0.3, -0.25) is 19.2 Å². The standard InChI is InChI=1S/C24H16N2O3.C24H16N2O2S.C20H14N2O3.C15H12N2O3/c2*27-21-13-12-16(14-19(21)24-26-20-10-3-4-11-22(20)29-24)25-23(28)18-9-5-7-15-6-1-2-8-17(15)18;23-17-11-10-14(21-19(24)13-6-2-1-3-7-13)12-15(17)20-22-16-8-4-5-9-18(16)25-20;1-9(18)16-10-6-7-13(19)11(8-10)15-17-12-4-2-3-5-14(12)20-15/h2*1-14,27H,(H,25,28);1-12,23H,(H,21,24);2-8,19H,1H3,(H,16,18). The Morgan fingerprint density at radius 2 is 0.680 bits per heavy atom. The van der Waals surface area contributed by atoms with Crippen molar-refractivity contribution in [3.05, 3.63) is 302 Å². The lowest BCUT2D eigenvalue weighted by Crippen LogP contribution is -2.12. The summed E-state index contributed by atoms with van der Waals surface area (Å²) in [6.07, 6.45) is 0. The number of aromatic nitrogens is 4. The van der Waals surface area contributed by atoms with Gasteiger partial charge in [-0.15, -0.1) is 11.3 Å². The van der Waals surface area contributed by atoms with Crippen molar-refractivity contribution in [2.75, 3.05) is 21.3 Å². The highest BCUT2D eigenvalue weighted by Crippen LogP contribution is 2.39. The molecule has 0 spiro atoms. The fraction of sp³-hybridized carbons (Fsp3) is 0.0120. The predicted molar refractivity (Wildman–Crippen MR) is 403 cm³/mol. The van der Waals surface area contributed by atoms with Crippen LogP contribution in [0.15, 0.2) is 298 Å². The van der Waals surface area contributed by atoms with E-state index < -0.39 is 0 Å². The molecular formula is C83H58N8O11S. The summed E-state index contributed by atoms with van der Waals surface area (Å²) in [5, 5.41) is 56.6. The van der Waals surface area contributed by atoms with Gasteiger partial charge in [0.2, 0.25) is 23.6 Å². The molecule has 0 saturated carbocycles. The summed E-state index contributed by atoms with van der Waals surface area (Å²) in [4.78, 5) is 66.9. The highest BCUT2D eigenvalue weighted by molar-refractivity contribution is 7.21. The minimum atomic E-state index is -0.227. The van der Waals surface area contributed by atoms with Gasteiger partial charge in [0.1, 0.15) is 44.6 Å². The Hall–Kier alpha value is -14.2. The number of phenolic OH excluding ortho intramolecular Hbond substituents is 4. The maximum Gasteiger partial charge on any atom is 0.256 e. The molecule has 4 aromatic heterocycles. The van der Waals surface area contributed by atoms with E-state index in [9.17, 15) is 39.6 Å². The Labute approximate surface area is 590 Å². The monoisotopic (exact) mass is 1370 g/mol. The summed E-state index contributed by atoms with van der Waals surface area (Å²) in [5.74, 6) is 0.324. The quantitative estimate of drug-likeness (QED) is 0.0559. The van der Waals surface area contributed by atoms with Crippen molar-refractivity contribution in [1.29, 1.82) is 0 Å². The van der Waals surface area contributed by atoms with Crippen LogP contribution in [0.25, 0.3) is 110 Å². The number of thiazole rings is 1. The summed E-state index contributed by atoms with van der Waals surface area (Å²) in [5.41, 5.74) is 10.8. The van der Waals surface area contributed by atoms with Crippen LogP contribution >= 0.6 is 11.3 Å². The highest BCUT2D eigenvalue weighted by atomic mass is 32.1. The van der Waals surface area contributed by atoms with Crippen molar-refractivity contribution in [3.63, 3.8) is 0 Å². The number of hydrogen-bond donors (Lipinski definition) is 8. The fourth-order valence-electron chi connectivity index (χ4n) is 11.3. The number of carbonyl (C=O) groups excluding carboxylic acids is 4. The van der Waals surface area contributed by atoms with Gasteiger partial charge in [0, 0.05) is 46.4 Å². The number of para-hydroxylation sites is 7. The average Bonchev–Trinajstić information content (AvgIpc) is 1.78. The molecule has 0 unspecified atom stereocenters. The molecule has 0 atom stereocenters. The second-order valence-corrected chi connectivity index (χ2v) is 24.4. The van der Waals surface area contributed by atoms with Crippen molar-refractivity contribution in [2.24, 2.45) is 0 Å². The van der Waals surface area contributed by atoms with Crippen LogP contribution in [0.4, 0.5) is 22.7 Å². The van der Waals surface area contributed by atoms with Gasteiger partial charge < -0.3 is 54.9 Å². The molecule has 103 heavy (non-hydrogen) atoms. The number of carbonyl (C=O) groups is 4. The number of nitrogens with one attached hydrogen (secondary N) is 4. The molecule has 0 aliphatic heterocycles. The Balaban J connectivity index is 0.000000117. The number of phenols is 4. The van der Waals surface area contributed by atoms with Crippen LogP contribution in [-0.4, -0.2) is 64.0 Å². The second kappa shape index (κ2) is 29.5. The van der Waals surface area contributed by atoms with Crippen LogP contribution in [0.5, 0.6) is 23.0 Å². The molecule has 20 heteroatoms. The van der Waals surface area contributed by atoms with Gasteiger partial charge in [-0.05, 0) is 167 Å². The summed E-state index contributed by atoms with van der Waals surface area (Å²) in [6, 6.07) is 85.0. The molecule has 13 aromatic carbocycles. The molecule has 4 heterocycles. The van der Waals surface area contributed by atoms with E-state index in [4.69, 9.17) is 13.3 Å². The van der Waals surface area contributed by atoms with E-state index >= 15 is 0 Å². The molecule has 4 amide bonds. The lowest BCUT2D eigenvalue weighted by molar-refractivity contribution is -0.114. The van der Waals surface area contributed by atoms with E-state index in [0.717, 1.165) is 31.8 Å². The first-order chi connectivity index (χ1) is 50.2. The Bertz CT molecular complexity index is 5690. The molecule has 0 aliphatic carbocycles. The number of fused-ring (bicyclic) bond motifs is 6.